The number of rotatable bonds is 3. The fourth-order valence-electron chi connectivity index (χ4n) is 3.59. The number of nitrogens with zero attached hydrogens (tertiary/aromatic N) is 1. The van der Waals surface area contributed by atoms with E-state index in [1.165, 1.54) is 24.0 Å². The van der Waals surface area contributed by atoms with Crippen molar-refractivity contribution in [2.45, 2.75) is 44.9 Å². The predicted octanol–water partition coefficient (Wildman–Crippen LogP) is 2.43. The number of amides is 1. The molecule has 4 nitrogen and oxygen atoms in total. The van der Waals surface area contributed by atoms with E-state index in [1.807, 2.05) is 0 Å². The first kappa shape index (κ1) is 15.1. The van der Waals surface area contributed by atoms with Crippen LogP contribution in [0.3, 0.4) is 0 Å². The van der Waals surface area contributed by atoms with E-state index in [9.17, 15) is 9.59 Å². The van der Waals surface area contributed by atoms with Crippen LogP contribution in [0, 0.1) is 5.92 Å². The molecular formula is C18H23NO3. The lowest BCUT2D eigenvalue weighted by molar-refractivity contribution is -0.145. The molecule has 3 rings (SSSR count). The van der Waals surface area contributed by atoms with Gasteiger partial charge in [0.05, 0.1) is 12.3 Å². The Morgan fingerprint density at radius 2 is 1.91 bits per heavy atom. The normalized spacial score (nSPS) is 21.3. The number of carboxylic acid groups (broad SMARTS) is 1. The molecule has 0 unspecified atom stereocenters. The van der Waals surface area contributed by atoms with Crippen LogP contribution in [-0.4, -0.2) is 35.0 Å². The summed E-state index contributed by atoms with van der Waals surface area (Å²) in [6.45, 7) is 1.05. The summed E-state index contributed by atoms with van der Waals surface area (Å²) in [7, 11) is 0. The summed E-state index contributed by atoms with van der Waals surface area (Å²) in [5.41, 5.74) is 3.87. The molecule has 0 bridgehead atoms. The molecule has 1 aliphatic heterocycles. The van der Waals surface area contributed by atoms with Gasteiger partial charge in [-0.3, -0.25) is 9.59 Å². The second-order valence-electron chi connectivity index (χ2n) is 6.50. The van der Waals surface area contributed by atoms with Crippen molar-refractivity contribution in [1.29, 1.82) is 0 Å². The highest BCUT2D eigenvalue weighted by Crippen LogP contribution is 2.23. The van der Waals surface area contributed by atoms with Crippen molar-refractivity contribution in [3.8, 4) is 0 Å². The van der Waals surface area contributed by atoms with Crippen LogP contribution in [0.25, 0.3) is 0 Å². The summed E-state index contributed by atoms with van der Waals surface area (Å²) in [6, 6.07) is 6.39. The third kappa shape index (κ3) is 3.32. The number of hydrogen-bond acceptors (Lipinski definition) is 2. The van der Waals surface area contributed by atoms with Gasteiger partial charge in [0, 0.05) is 13.1 Å². The largest absolute Gasteiger partial charge is 0.481 e. The standard InChI is InChI=1S/C18H23NO3/c20-17(19-9-3-6-16(12-19)18(21)22)11-13-7-8-14-4-1-2-5-15(14)10-13/h7-8,10,16H,1-6,9,11-12H2,(H,21,22)/t16-/m0/s1. The van der Waals surface area contributed by atoms with Gasteiger partial charge in [-0.25, -0.2) is 0 Å². The molecule has 1 aromatic carbocycles. The molecule has 1 N–H and O–H groups in total. The molecule has 118 valence electrons. The van der Waals surface area contributed by atoms with E-state index in [0.717, 1.165) is 24.8 Å². The van der Waals surface area contributed by atoms with Crippen LogP contribution in [0.4, 0.5) is 0 Å². The molecule has 1 heterocycles. The molecule has 22 heavy (non-hydrogen) atoms. The zero-order chi connectivity index (χ0) is 15.5. The number of benzene rings is 1. The first-order valence-electron chi connectivity index (χ1n) is 8.25. The van der Waals surface area contributed by atoms with E-state index in [2.05, 4.69) is 18.2 Å². The fraction of sp³-hybridized carbons (Fsp3) is 0.556. The minimum Gasteiger partial charge on any atom is -0.481 e. The highest BCUT2D eigenvalue weighted by Gasteiger charge is 2.28. The monoisotopic (exact) mass is 301 g/mol. The van der Waals surface area contributed by atoms with Crippen molar-refractivity contribution in [3.63, 3.8) is 0 Å². The Balaban J connectivity index is 1.65. The highest BCUT2D eigenvalue weighted by atomic mass is 16.4. The molecule has 2 aliphatic rings. The fourth-order valence-corrected chi connectivity index (χ4v) is 3.59. The van der Waals surface area contributed by atoms with E-state index in [-0.39, 0.29) is 5.91 Å². The first-order chi connectivity index (χ1) is 10.6. The molecule has 1 atom stereocenters. The molecule has 1 fully saturated rings. The number of carboxylic acids is 1. The average Bonchev–Trinajstić information content (AvgIpc) is 2.55. The van der Waals surface area contributed by atoms with Gasteiger partial charge in [0.15, 0.2) is 0 Å². The number of carbonyl (C=O) groups is 2. The van der Waals surface area contributed by atoms with Gasteiger partial charge >= 0.3 is 5.97 Å². The highest BCUT2D eigenvalue weighted by molar-refractivity contribution is 5.80. The summed E-state index contributed by atoms with van der Waals surface area (Å²) in [5.74, 6) is -1.13. The van der Waals surface area contributed by atoms with Crippen LogP contribution >= 0.6 is 0 Å². The van der Waals surface area contributed by atoms with Crippen LogP contribution in [0.15, 0.2) is 18.2 Å². The Bertz CT molecular complexity index is 582. The molecule has 0 radical (unpaired) electrons. The van der Waals surface area contributed by atoms with Crippen molar-refractivity contribution < 1.29 is 14.7 Å². The zero-order valence-electron chi connectivity index (χ0n) is 12.9. The quantitative estimate of drug-likeness (QED) is 0.933. The van der Waals surface area contributed by atoms with Crippen LogP contribution < -0.4 is 0 Å². The van der Waals surface area contributed by atoms with Crippen molar-refractivity contribution in [2.75, 3.05) is 13.1 Å². The maximum Gasteiger partial charge on any atom is 0.308 e. The molecule has 0 spiro atoms. The number of hydrogen-bond donors (Lipinski definition) is 1. The number of carbonyl (C=O) groups excluding carboxylic acids is 1. The van der Waals surface area contributed by atoms with E-state index in [4.69, 9.17) is 5.11 Å². The van der Waals surface area contributed by atoms with Gasteiger partial charge in [0.25, 0.3) is 0 Å². The zero-order valence-corrected chi connectivity index (χ0v) is 12.9. The van der Waals surface area contributed by atoms with E-state index in [0.29, 0.717) is 25.9 Å². The van der Waals surface area contributed by atoms with Crippen molar-refractivity contribution in [1.82, 2.24) is 4.90 Å². The number of aryl methyl sites for hydroxylation is 2. The van der Waals surface area contributed by atoms with Crippen molar-refractivity contribution in [3.05, 3.63) is 34.9 Å². The second-order valence-corrected chi connectivity index (χ2v) is 6.50. The SMILES string of the molecule is O=C(O)[C@H]1CCCN(C(=O)Cc2ccc3c(c2)CCCC3)C1. The molecule has 0 saturated carbocycles. The van der Waals surface area contributed by atoms with Gasteiger partial charge in [-0.05, 0) is 55.2 Å². The maximum absolute atomic E-state index is 12.4. The molecule has 4 heteroatoms. The summed E-state index contributed by atoms with van der Waals surface area (Å²) >= 11 is 0. The molecular weight excluding hydrogens is 278 g/mol. The van der Waals surface area contributed by atoms with Crippen LogP contribution in [0.2, 0.25) is 0 Å². The Morgan fingerprint density at radius 3 is 2.68 bits per heavy atom. The van der Waals surface area contributed by atoms with Gasteiger partial charge in [0.2, 0.25) is 5.91 Å². The van der Waals surface area contributed by atoms with Crippen molar-refractivity contribution >= 4 is 11.9 Å². The maximum atomic E-state index is 12.4. The van der Waals surface area contributed by atoms with Gasteiger partial charge in [-0.15, -0.1) is 0 Å². The Labute approximate surface area is 131 Å². The van der Waals surface area contributed by atoms with Crippen molar-refractivity contribution in [2.24, 2.45) is 5.92 Å². The van der Waals surface area contributed by atoms with E-state index >= 15 is 0 Å². The summed E-state index contributed by atoms with van der Waals surface area (Å²) in [4.78, 5) is 25.3. The van der Waals surface area contributed by atoms with Crippen LogP contribution in [0.1, 0.15) is 42.4 Å². The lowest BCUT2D eigenvalue weighted by Crippen LogP contribution is -2.43. The van der Waals surface area contributed by atoms with Crippen LogP contribution in [0.5, 0.6) is 0 Å². The molecule has 1 aliphatic carbocycles. The minimum atomic E-state index is -0.786. The number of fused-ring (bicyclic) bond motifs is 1. The minimum absolute atomic E-state index is 0.0571. The van der Waals surface area contributed by atoms with Gasteiger partial charge in [0.1, 0.15) is 0 Å². The first-order valence-corrected chi connectivity index (χ1v) is 8.25. The predicted molar refractivity (Wildman–Crippen MR) is 83.7 cm³/mol. The third-order valence-corrected chi connectivity index (χ3v) is 4.89. The summed E-state index contributed by atoms with van der Waals surface area (Å²) in [5, 5.41) is 9.12. The molecule has 1 saturated heterocycles. The molecule has 1 amide bonds. The Kier molecular flexibility index (Phi) is 4.46. The van der Waals surface area contributed by atoms with Crippen LogP contribution in [-0.2, 0) is 28.9 Å². The van der Waals surface area contributed by atoms with Gasteiger partial charge in [-0.1, -0.05) is 18.2 Å². The van der Waals surface area contributed by atoms with E-state index < -0.39 is 11.9 Å². The smallest absolute Gasteiger partial charge is 0.308 e. The number of aliphatic carboxylic acids is 1. The van der Waals surface area contributed by atoms with E-state index in [1.54, 1.807) is 4.90 Å². The lowest BCUT2D eigenvalue weighted by atomic mass is 9.90. The number of piperidine rings is 1. The van der Waals surface area contributed by atoms with Gasteiger partial charge in [-0.2, -0.15) is 0 Å². The molecule has 0 aromatic heterocycles. The number of likely N-dealkylation sites (tertiary alicyclic amines) is 1. The summed E-state index contributed by atoms with van der Waals surface area (Å²) in [6.07, 6.45) is 6.61. The topological polar surface area (TPSA) is 57.6 Å². The summed E-state index contributed by atoms with van der Waals surface area (Å²) < 4.78 is 0. The van der Waals surface area contributed by atoms with Gasteiger partial charge < -0.3 is 10.0 Å². The Morgan fingerprint density at radius 1 is 1.14 bits per heavy atom. The Hall–Kier alpha value is -1.84. The lowest BCUT2D eigenvalue weighted by Gasteiger charge is -2.31. The second kappa shape index (κ2) is 6.51. The molecule has 1 aromatic rings. The third-order valence-electron chi connectivity index (χ3n) is 4.89. The average molecular weight is 301 g/mol.